The Morgan fingerprint density at radius 1 is 1.11 bits per heavy atom. The summed E-state index contributed by atoms with van der Waals surface area (Å²) >= 11 is 0. The van der Waals surface area contributed by atoms with E-state index in [0.717, 1.165) is 25.7 Å². The van der Waals surface area contributed by atoms with Crippen molar-refractivity contribution in [3.05, 3.63) is 12.2 Å². The third-order valence-corrected chi connectivity index (χ3v) is 8.28. The number of rotatable bonds is 5. The Morgan fingerprint density at radius 3 is 2.48 bits per heavy atom. The van der Waals surface area contributed by atoms with Gasteiger partial charge in [-0.3, -0.25) is 0 Å². The highest BCUT2D eigenvalue weighted by atomic mass is 16.7. The van der Waals surface area contributed by atoms with Gasteiger partial charge in [0.1, 0.15) is 0 Å². The molecule has 4 nitrogen and oxygen atoms in total. The van der Waals surface area contributed by atoms with Crippen LogP contribution in [0.15, 0.2) is 12.2 Å². The highest BCUT2D eigenvalue weighted by Gasteiger charge is 2.74. The standard InChI is InChI=1S/C23H38O4/c1-3-19-21-18(10-9-17(24)15-16-7-5-4-6-8-16)20(25)11-12-22(21,2)23(19)26-13-14-27-23/h9-10,16-21,24-25H,3-8,11-15H2,1-2H3/b10-9+/t17-,18+,19?,20-,21+,22+/m1/s1. The van der Waals surface area contributed by atoms with Gasteiger partial charge in [-0.2, -0.15) is 0 Å². The van der Waals surface area contributed by atoms with E-state index in [4.69, 9.17) is 9.47 Å². The molecule has 1 saturated heterocycles. The highest BCUT2D eigenvalue weighted by Crippen LogP contribution is 2.70. The van der Waals surface area contributed by atoms with Gasteiger partial charge in [0.05, 0.1) is 25.4 Å². The number of hydrogen-bond donors (Lipinski definition) is 2. The molecule has 2 N–H and O–H groups in total. The van der Waals surface area contributed by atoms with E-state index in [1.807, 2.05) is 6.08 Å². The number of aliphatic hydroxyl groups is 2. The molecule has 4 rings (SSSR count). The van der Waals surface area contributed by atoms with Crippen molar-refractivity contribution < 1.29 is 19.7 Å². The molecule has 4 aliphatic rings. The molecule has 0 aromatic heterocycles. The van der Waals surface area contributed by atoms with Gasteiger partial charge in [-0.15, -0.1) is 0 Å². The van der Waals surface area contributed by atoms with Crippen LogP contribution in [0.2, 0.25) is 0 Å². The molecule has 6 atom stereocenters. The number of fused-ring (bicyclic) bond motifs is 2. The molecule has 3 aliphatic carbocycles. The first-order chi connectivity index (χ1) is 13.0. The van der Waals surface area contributed by atoms with Crippen LogP contribution in [0, 0.1) is 29.1 Å². The second-order valence-corrected chi connectivity index (χ2v) is 9.70. The van der Waals surface area contributed by atoms with Crippen molar-refractivity contribution in [2.75, 3.05) is 13.2 Å². The molecule has 0 radical (unpaired) electrons. The average molecular weight is 379 g/mol. The van der Waals surface area contributed by atoms with Crippen LogP contribution in [-0.4, -0.2) is 41.4 Å². The van der Waals surface area contributed by atoms with Crippen LogP contribution in [-0.2, 0) is 9.47 Å². The summed E-state index contributed by atoms with van der Waals surface area (Å²) in [6.45, 7) is 5.86. The fourth-order valence-corrected chi connectivity index (χ4v) is 7.00. The Morgan fingerprint density at radius 2 is 1.81 bits per heavy atom. The fourth-order valence-electron chi connectivity index (χ4n) is 7.00. The third kappa shape index (κ3) is 3.21. The molecule has 4 heteroatoms. The monoisotopic (exact) mass is 378 g/mol. The quantitative estimate of drug-likeness (QED) is 0.709. The summed E-state index contributed by atoms with van der Waals surface area (Å²) in [6.07, 6.45) is 13.5. The predicted octanol–water partition coefficient (Wildman–Crippen LogP) is 4.05. The summed E-state index contributed by atoms with van der Waals surface area (Å²) < 4.78 is 12.4. The van der Waals surface area contributed by atoms with Gasteiger partial charge in [0.2, 0.25) is 0 Å². The Labute approximate surface area is 164 Å². The Bertz CT molecular complexity index is 534. The summed E-state index contributed by atoms with van der Waals surface area (Å²) in [7, 11) is 0. The molecular formula is C23H38O4. The molecule has 27 heavy (non-hydrogen) atoms. The lowest BCUT2D eigenvalue weighted by atomic mass is 9.41. The van der Waals surface area contributed by atoms with E-state index in [2.05, 4.69) is 19.9 Å². The van der Waals surface area contributed by atoms with Crippen molar-refractivity contribution in [2.45, 2.75) is 89.6 Å². The second kappa shape index (κ2) is 7.78. The second-order valence-electron chi connectivity index (χ2n) is 9.70. The maximum Gasteiger partial charge on any atom is 0.177 e. The van der Waals surface area contributed by atoms with Gasteiger partial charge in [0.25, 0.3) is 0 Å². The SMILES string of the molecule is CCC1[C@@H]2[C@@H](/C=C/[C@@H](O)CC3CCCCC3)[C@H](O)CC[C@]2(C)C12OCCO2. The van der Waals surface area contributed by atoms with E-state index in [-0.39, 0.29) is 23.5 Å². The minimum Gasteiger partial charge on any atom is -0.393 e. The molecule has 154 valence electrons. The van der Waals surface area contributed by atoms with E-state index in [0.29, 0.717) is 31.0 Å². The van der Waals surface area contributed by atoms with Crippen LogP contribution in [0.25, 0.3) is 0 Å². The summed E-state index contributed by atoms with van der Waals surface area (Å²) in [5, 5.41) is 21.3. The minimum absolute atomic E-state index is 0.0350. The van der Waals surface area contributed by atoms with Crippen LogP contribution in [0.3, 0.4) is 0 Å². The van der Waals surface area contributed by atoms with Gasteiger partial charge in [-0.05, 0) is 37.5 Å². The molecule has 0 aromatic rings. The smallest absolute Gasteiger partial charge is 0.177 e. The normalized spacial score (nSPS) is 43.0. The van der Waals surface area contributed by atoms with E-state index in [9.17, 15) is 10.2 Å². The third-order valence-electron chi connectivity index (χ3n) is 8.28. The summed E-state index contributed by atoms with van der Waals surface area (Å²) in [5.74, 6) is 0.996. The molecule has 0 bridgehead atoms. The molecule has 4 fully saturated rings. The summed E-state index contributed by atoms with van der Waals surface area (Å²) in [6, 6.07) is 0. The number of hydrogen-bond acceptors (Lipinski definition) is 4. The summed E-state index contributed by atoms with van der Waals surface area (Å²) in [5.41, 5.74) is -0.0350. The van der Waals surface area contributed by atoms with E-state index in [1.165, 1.54) is 32.1 Å². The molecular weight excluding hydrogens is 340 g/mol. The van der Waals surface area contributed by atoms with Crippen molar-refractivity contribution in [3.63, 3.8) is 0 Å². The zero-order valence-corrected chi connectivity index (χ0v) is 17.1. The molecule has 1 aliphatic heterocycles. The zero-order chi connectivity index (χ0) is 19.1. The lowest BCUT2D eigenvalue weighted by molar-refractivity contribution is -0.385. The Hall–Kier alpha value is -0.420. The van der Waals surface area contributed by atoms with Crippen molar-refractivity contribution in [2.24, 2.45) is 29.1 Å². The van der Waals surface area contributed by atoms with Gasteiger partial charge in [0.15, 0.2) is 5.79 Å². The topological polar surface area (TPSA) is 58.9 Å². The van der Waals surface area contributed by atoms with Crippen molar-refractivity contribution >= 4 is 0 Å². The van der Waals surface area contributed by atoms with Gasteiger partial charge in [-0.1, -0.05) is 58.1 Å². The zero-order valence-electron chi connectivity index (χ0n) is 17.1. The Balaban J connectivity index is 1.46. The largest absolute Gasteiger partial charge is 0.393 e. The number of ether oxygens (including phenoxy) is 2. The van der Waals surface area contributed by atoms with Crippen LogP contribution in [0.5, 0.6) is 0 Å². The van der Waals surface area contributed by atoms with Gasteiger partial charge < -0.3 is 19.7 Å². The highest BCUT2D eigenvalue weighted by molar-refractivity contribution is 5.20. The molecule has 0 aromatic carbocycles. The minimum atomic E-state index is -0.445. The number of aliphatic hydroxyl groups excluding tert-OH is 2. The van der Waals surface area contributed by atoms with Gasteiger partial charge in [-0.25, -0.2) is 0 Å². The maximum atomic E-state index is 10.8. The Kier molecular flexibility index (Phi) is 5.73. The van der Waals surface area contributed by atoms with Gasteiger partial charge in [0, 0.05) is 17.3 Å². The molecule has 3 saturated carbocycles. The van der Waals surface area contributed by atoms with Crippen LogP contribution in [0.1, 0.15) is 71.6 Å². The fraction of sp³-hybridized carbons (Fsp3) is 0.913. The van der Waals surface area contributed by atoms with Crippen molar-refractivity contribution in [3.8, 4) is 0 Å². The lowest BCUT2D eigenvalue weighted by Crippen LogP contribution is -2.73. The van der Waals surface area contributed by atoms with E-state index < -0.39 is 5.79 Å². The molecule has 1 unspecified atom stereocenters. The first-order valence-corrected chi connectivity index (χ1v) is 11.3. The van der Waals surface area contributed by atoms with Gasteiger partial charge >= 0.3 is 0 Å². The average Bonchev–Trinajstić information content (AvgIpc) is 3.18. The van der Waals surface area contributed by atoms with Crippen LogP contribution >= 0.6 is 0 Å². The molecule has 0 amide bonds. The van der Waals surface area contributed by atoms with Crippen molar-refractivity contribution in [1.29, 1.82) is 0 Å². The predicted molar refractivity (Wildman–Crippen MR) is 105 cm³/mol. The van der Waals surface area contributed by atoms with E-state index in [1.54, 1.807) is 0 Å². The lowest BCUT2D eigenvalue weighted by Gasteiger charge is -2.69. The van der Waals surface area contributed by atoms with Crippen molar-refractivity contribution in [1.82, 2.24) is 0 Å². The maximum absolute atomic E-state index is 10.8. The first kappa shape index (κ1) is 19.9. The first-order valence-electron chi connectivity index (χ1n) is 11.3. The molecule has 1 spiro atoms. The van der Waals surface area contributed by atoms with Crippen LogP contribution in [0.4, 0.5) is 0 Å². The van der Waals surface area contributed by atoms with E-state index >= 15 is 0 Å². The van der Waals surface area contributed by atoms with Crippen LogP contribution < -0.4 is 0 Å². The summed E-state index contributed by atoms with van der Waals surface area (Å²) in [4.78, 5) is 0. The molecule has 1 heterocycles.